The van der Waals surface area contributed by atoms with E-state index < -0.39 is 0 Å². The van der Waals surface area contributed by atoms with Crippen LogP contribution in [0.25, 0.3) is 11.0 Å². The van der Waals surface area contributed by atoms with E-state index in [2.05, 4.69) is 31.2 Å². The Hall–Kier alpha value is -2.93. The number of para-hydroxylation sites is 2. The van der Waals surface area contributed by atoms with Crippen molar-refractivity contribution in [2.75, 3.05) is 20.2 Å². The van der Waals surface area contributed by atoms with Crippen molar-refractivity contribution in [3.05, 3.63) is 65.2 Å². The lowest BCUT2D eigenvalue weighted by molar-refractivity contribution is 0.181. The number of imidazole rings is 1. The maximum absolute atomic E-state index is 13.8. The molecule has 0 atom stereocenters. The molecule has 0 radical (unpaired) electrons. The molecule has 0 aliphatic heterocycles. The monoisotopic (exact) mass is 411 g/mol. The van der Waals surface area contributed by atoms with E-state index in [1.165, 1.54) is 11.6 Å². The third kappa shape index (κ3) is 5.57. The number of benzene rings is 2. The predicted molar refractivity (Wildman–Crippen MR) is 119 cm³/mol. The van der Waals surface area contributed by atoms with E-state index in [9.17, 15) is 4.39 Å². The Morgan fingerprint density at radius 3 is 2.83 bits per heavy atom. The molecule has 3 aromatic rings. The van der Waals surface area contributed by atoms with Gasteiger partial charge in [0.2, 0.25) is 0 Å². The Labute approximate surface area is 177 Å². The highest BCUT2D eigenvalue weighted by molar-refractivity contribution is 5.79. The maximum atomic E-state index is 13.8. The first kappa shape index (κ1) is 21.8. The van der Waals surface area contributed by atoms with Gasteiger partial charge in [0.05, 0.1) is 24.2 Å². The van der Waals surface area contributed by atoms with Crippen LogP contribution >= 0.6 is 0 Å². The van der Waals surface area contributed by atoms with Gasteiger partial charge in [-0.15, -0.1) is 0 Å². The summed E-state index contributed by atoms with van der Waals surface area (Å²) in [5, 5.41) is 6.64. The standard InChI is InChI=1S/C23H30FN5O/c1-4-25-23(27-15-18-10-11-20(24)19(14-18)16-30-3)26-12-7-13-29-17(2)28-21-8-5-6-9-22(21)29/h5-6,8-11,14H,4,7,12-13,15-16H2,1-3H3,(H2,25,26,27). The van der Waals surface area contributed by atoms with Crippen LogP contribution in [0.4, 0.5) is 4.39 Å². The fraction of sp³-hybridized carbons (Fsp3) is 0.391. The number of halogens is 1. The number of guanidine groups is 1. The summed E-state index contributed by atoms with van der Waals surface area (Å²) in [6.07, 6.45) is 0.945. The van der Waals surface area contributed by atoms with Crippen LogP contribution in [0.3, 0.4) is 0 Å². The van der Waals surface area contributed by atoms with Crippen molar-refractivity contribution in [3.8, 4) is 0 Å². The third-order valence-corrected chi connectivity index (χ3v) is 4.87. The second-order valence-electron chi connectivity index (χ2n) is 7.13. The first-order valence-electron chi connectivity index (χ1n) is 10.3. The quantitative estimate of drug-likeness (QED) is 0.320. The zero-order valence-electron chi connectivity index (χ0n) is 17.9. The number of rotatable bonds is 9. The van der Waals surface area contributed by atoms with Crippen LogP contribution in [-0.4, -0.2) is 35.7 Å². The predicted octanol–water partition coefficient (Wildman–Crippen LogP) is 3.78. The van der Waals surface area contributed by atoms with Gasteiger partial charge in [0, 0.05) is 32.3 Å². The molecule has 3 rings (SSSR count). The molecule has 7 heteroatoms. The van der Waals surface area contributed by atoms with E-state index in [1.54, 1.807) is 19.2 Å². The van der Waals surface area contributed by atoms with Gasteiger partial charge in [-0.25, -0.2) is 14.4 Å². The lowest BCUT2D eigenvalue weighted by atomic mass is 10.1. The smallest absolute Gasteiger partial charge is 0.191 e. The van der Waals surface area contributed by atoms with Crippen molar-refractivity contribution >= 4 is 17.0 Å². The number of fused-ring (bicyclic) bond motifs is 1. The topological polar surface area (TPSA) is 63.5 Å². The maximum Gasteiger partial charge on any atom is 0.191 e. The molecule has 1 aromatic heterocycles. The molecule has 160 valence electrons. The van der Waals surface area contributed by atoms with E-state index in [-0.39, 0.29) is 12.4 Å². The van der Waals surface area contributed by atoms with Crippen molar-refractivity contribution in [2.45, 2.75) is 40.0 Å². The Kier molecular flexibility index (Phi) is 7.79. The van der Waals surface area contributed by atoms with Crippen molar-refractivity contribution in [2.24, 2.45) is 4.99 Å². The van der Waals surface area contributed by atoms with Crippen LogP contribution in [0.15, 0.2) is 47.5 Å². The number of hydrogen-bond donors (Lipinski definition) is 2. The van der Waals surface area contributed by atoms with Gasteiger partial charge in [0.1, 0.15) is 11.6 Å². The molecule has 30 heavy (non-hydrogen) atoms. The Morgan fingerprint density at radius 2 is 2.03 bits per heavy atom. The zero-order valence-corrected chi connectivity index (χ0v) is 17.9. The second-order valence-corrected chi connectivity index (χ2v) is 7.13. The van der Waals surface area contributed by atoms with Gasteiger partial charge in [-0.1, -0.05) is 18.2 Å². The highest BCUT2D eigenvalue weighted by Crippen LogP contribution is 2.15. The molecule has 0 aliphatic rings. The number of nitrogens with zero attached hydrogens (tertiary/aromatic N) is 3. The molecule has 0 unspecified atom stereocenters. The molecule has 1 heterocycles. The minimum absolute atomic E-state index is 0.253. The molecule has 2 aromatic carbocycles. The Bertz CT molecular complexity index is 998. The molecule has 2 N–H and O–H groups in total. The molecular formula is C23H30FN5O. The van der Waals surface area contributed by atoms with E-state index >= 15 is 0 Å². The lowest BCUT2D eigenvalue weighted by Crippen LogP contribution is -2.38. The number of aliphatic imine (C=N–C) groups is 1. The fourth-order valence-electron chi connectivity index (χ4n) is 3.43. The number of hydrogen-bond acceptors (Lipinski definition) is 3. The first-order valence-corrected chi connectivity index (χ1v) is 10.3. The summed E-state index contributed by atoms with van der Waals surface area (Å²) < 4.78 is 21.1. The van der Waals surface area contributed by atoms with Crippen LogP contribution in [0, 0.1) is 12.7 Å². The lowest BCUT2D eigenvalue weighted by Gasteiger charge is -2.12. The average Bonchev–Trinajstić information content (AvgIpc) is 3.06. The minimum Gasteiger partial charge on any atom is -0.380 e. The number of aromatic nitrogens is 2. The molecular weight excluding hydrogens is 381 g/mol. The minimum atomic E-state index is -0.253. The molecule has 0 amide bonds. The van der Waals surface area contributed by atoms with Gasteiger partial charge < -0.3 is 19.9 Å². The van der Waals surface area contributed by atoms with Crippen LogP contribution in [0.2, 0.25) is 0 Å². The van der Waals surface area contributed by atoms with Gasteiger partial charge in [-0.3, -0.25) is 0 Å². The van der Waals surface area contributed by atoms with Gasteiger partial charge >= 0.3 is 0 Å². The molecule has 0 aliphatic carbocycles. The molecule has 0 saturated carbocycles. The summed E-state index contributed by atoms with van der Waals surface area (Å²) in [6, 6.07) is 13.2. The average molecular weight is 412 g/mol. The third-order valence-electron chi connectivity index (χ3n) is 4.87. The summed E-state index contributed by atoms with van der Waals surface area (Å²) in [4.78, 5) is 9.25. The molecule has 6 nitrogen and oxygen atoms in total. The summed E-state index contributed by atoms with van der Waals surface area (Å²) in [5.74, 6) is 1.53. The fourth-order valence-corrected chi connectivity index (χ4v) is 3.43. The second kappa shape index (κ2) is 10.7. The molecule has 0 bridgehead atoms. The van der Waals surface area contributed by atoms with Crippen LogP contribution in [0.5, 0.6) is 0 Å². The van der Waals surface area contributed by atoms with Crippen LogP contribution in [0.1, 0.15) is 30.3 Å². The first-order chi connectivity index (χ1) is 14.6. The zero-order chi connectivity index (χ0) is 21.3. The largest absolute Gasteiger partial charge is 0.380 e. The van der Waals surface area contributed by atoms with E-state index in [0.717, 1.165) is 48.9 Å². The number of methoxy groups -OCH3 is 1. The van der Waals surface area contributed by atoms with Gasteiger partial charge in [-0.2, -0.15) is 0 Å². The number of nitrogens with one attached hydrogen (secondary N) is 2. The molecule has 0 saturated heterocycles. The van der Waals surface area contributed by atoms with Crippen LogP contribution in [-0.2, 0) is 24.4 Å². The summed E-state index contributed by atoms with van der Waals surface area (Å²) in [6.45, 7) is 7.25. The van der Waals surface area contributed by atoms with Gasteiger partial charge in [0.25, 0.3) is 0 Å². The van der Waals surface area contributed by atoms with Gasteiger partial charge in [-0.05, 0) is 50.1 Å². The molecule has 0 spiro atoms. The van der Waals surface area contributed by atoms with E-state index in [0.29, 0.717) is 12.1 Å². The van der Waals surface area contributed by atoms with Crippen LogP contribution < -0.4 is 10.6 Å². The Morgan fingerprint density at radius 1 is 1.20 bits per heavy atom. The molecule has 0 fully saturated rings. The number of aryl methyl sites for hydroxylation is 2. The normalized spacial score (nSPS) is 11.8. The summed E-state index contributed by atoms with van der Waals surface area (Å²) >= 11 is 0. The van der Waals surface area contributed by atoms with E-state index in [4.69, 9.17) is 4.74 Å². The summed E-state index contributed by atoms with van der Waals surface area (Å²) in [5.41, 5.74) is 3.69. The highest BCUT2D eigenvalue weighted by Gasteiger charge is 2.07. The van der Waals surface area contributed by atoms with Crippen molar-refractivity contribution < 1.29 is 9.13 Å². The number of ether oxygens (including phenoxy) is 1. The van der Waals surface area contributed by atoms with Crippen molar-refractivity contribution in [1.82, 2.24) is 20.2 Å². The van der Waals surface area contributed by atoms with E-state index in [1.807, 2.05) is 32.0 Å². The summed E-state index contributed by atoms with van der Waals surface area (Å²) in [7, 11) is 1.56. The Balaban J connectivity index is 1.56. The van der Waals surface area contributed by atoms with Crippen molar-refractivity contribution in [3.63, 3.8) is 0 Å². The highest BCUT2D eigenvalue weighted by atomic mass is 19.1. The van der Waals surface area contributed by atoms with Gasteiger partial charge in [0.15, 0.2) is 5.96 Å². The SMILES string of the molecule is CCNC(=NCc1ccc(F)c(COC)c1)NCCCn1c(C)nc2ccccc21. The van der Waals surface area contributed by atoms with Crippen molar-refractivity contribution in [1.29, 1.82) is 0 Å².